The van der Waals surface area contributed by atoms with Gasteiger partial charge in [-0.2, -0.15) is 0 Å². The molecule has 4 heteroatoms. The van der Waals surface area contributed by atoms with Crippen LogP contribution in [0.5, 0.6) is 0 Å². The van der Waals surface area contributed by atoms with E-state index >= 15 is 0 Å². The van der Waals surface area contributed by atoms with Gasteiger partial charge in [-0.05, 0) is 24.3 Å². The van der Waals surface area contributed by atoms with Crippen LogP contribution in [0.25, 0.3) is 22.2 Å². The Bertz CT molecular complexity index is 632. The van der Waals surface area contributed by atoms with Crippen molar-refractivity contribution in [2.45, 2.75) is 0 Å². The molecule has 0 aliphatic rings. The van der Waals surface area contributed by atoms with Crippen molar-refractivity contribution in [3.63, 3.8) is 0 Å². The van der Waals surface area contributed by atoms with E-state index in [2.05, 4.69) is 9.97 Å². The molecule has 0 saturated carbocycles. The van der Waals surface area contributed by atoms with Crippen LogP contribution >= 0.6 is 0 Å². The lowest BCUT2D eigenvalue weighted by atomic mass is 10.3. The van der Waals surface area contributed by atoms with E-state index in [1.54, 1.807) is 0 Å². The molecule has 0 aliphatic carbocycles. The molecule has 0 N–H and O–H groups in total. The summed E-state index contributed by atoms with van der Waals surface area (Å²) in [7, 11) is 0. The van der Waals surface area contributed by atoms with Crippen molar-refractivity contribution >= 4 is 22.2 Å². The average Bonchev–Trinajstić information content (AvgIpc) is 3.08. The molecule has 0 spiro atoms. The molecule has 19 heavy (non-hydrogen) atoms. The molecule has 0 atom stereocenters. The van der Waals surface area contributed by atoms with Crippen LogP contribution in [0.3, 0.4) is 0 Å². The molecule has 2 aromatic heterocycles. The third kappa shape index (κ3) is 2.80. The summed E-state index contributed by atoms with van der Waals surface area (Å²) in [6.45, 7) is 0. The van der Waals surface area contributed by atoms with Gasteiger partial charge >= 0.3 is 0 Å². The van der Waals surface area contributed by atoms with E-state index in [4.69, 9.17) is 8.83 Å². The minimum atomic E-state index is 0. The van der Waals surface area contributed by atoms with Crippen molar-refractivity contribution in [3.8, 4) is 0 Å². The minimum Gasteiger partial charge on any atom is -0.443 e. The zero-order valence-corrected chi connectivity index (χ0v) is 9.98. The van der Waals surface area contributed by atoms with Crippen LogP contribution in [-0.2, 0) is 0 Å². The second kappa shape index (κ2) is 5.82. The fraction of sp³-hybridized carbons (Fsp3) is 0. The predicted molar refractivity (Wildman–Crippen MR) is 71.3 cm³/mol. The molecular weight excluding hydrogens is 240 g/mol. The first-order valence-corrected chi connectivity index (χ1v) is 5.50. The SMILES string of the molecule is [C].c1ccc2ocnc2c1.c1ccc2ocnc2c1. The van der Waals surface area contributed by atoms with E-state index in [0.29, 0.717) is 0 Å². The summed E-state index contributed by atoms with van der Waals surface area (Å²) >= 11 is 0. The number of nitrogens with zero attached hydrogens (tertiary/aromatic N) is 2. The quantitative estimate of drug-likeness (QED) is 0.477. The van der Waals surface area contributed by atoms with Crippen molar-refractivity contribution in [1.82, 2.24) is 9.97 Å². The highest BCUT2D eigenvalue weighted by Crippen LogP contribution is 2.09. The zero-order chi connectivity index (χ0) is 12.2. The van der Waals surface area contributed by atoms with Gasteiger partial charge in [-0.1, -0.05) is 24.3 Å². The summed E-state index contributed by atoms with van der Waals surface area (Å²) in [6, 6.07) is 15.3. The number of benzene rings is 2. The van der Waals surface area contributed by atoms with Crippen LogP contribution < -0.4 is 0 Å². The highest BCUT2D eigenvalue weighted by Gasteiger charge is 1.92. The first kappa shape index (κ1) is 12.8. The molecule has 2 aromatic carbocycles. The number of oxazole rings is 2. The Balaban J connectivity index is 0.000000133. The van der Waals surface area contributed by atoms with Crippen molar-refractivity contribution in [2.24, 2.45) is 0 Å². The number of aromatic nitrogens is 2. The lowest BCUT2D eigenvalue weighted by molar-refractivity contribution is 0.602. The summed E-state index contributed by atoms with van der Waals surface area (Å²) in [6.07, 6.45) is 2.90. The molecule has 0 saturated heterocycles. The van der Waals surface area contributed by atoms with Gasteiger partial charge in [0, 0.05) is 7.43 Å². The van der Waals surface area contributed by atoms with Gasteiger partial charge in [-0.15, -0.1) is 0 Å². The van der Waals surface area contributed by atoms with Gasteiger partial charge in [-0.25, -0.2) is 9.97 Å². The van der Waals surface area contributed by atoms with Crippen LogP contribution in [0.15, 0.2) is 70.2 Å². The number of hydrogen-bond donors (Lipinski definition) is 0. The maximum absolute atomic E-state index is 5.01. The third-order valence-electron chi connectivity index (χ3n) is 2.47. The van der Waals surface area contributed by atoms with Gasteiger partial charge in [0.15, 0.2) is 24.0 Å². The Hall–Kier alpha value is -2.62. The molecule has 2 heterocycles. The highest BCUT2D eigenvalue weighted by molar-refractivity contribution is 5.71. The molecule has 4 nitrogen and oxygen atoms in total. The van der Waals surface area contributed by atoms with Crippen molar-refractivity contribution in [2.75, 3.05) is 0 Å². The monoisotopic (exact) mass is 250 g/mol. The molecule has 0 fully saturated rings. The molecule has 92 valence electrons. The normalized spacial score (nSPS) is 9.68. The second-order valence-corrected chi connectivity index (χ2v) is 3.64. The van der Waals surface area contributed by atoms with E-state index in [9.17, 15) is 0 Å². The van der Waals surface area contributed by atoms with Gasteiger partial charge in [0.25, 0.3) is 0 Å². The van der Waals surface area contributed by atoms with E-state index in [-0.39, 0.29) is 7.43 Å². The lowest BCUT2D eigenvalue weighted by Gasteiger charge is -1.79. The number of para-hydroxylation sites is 4. The molecular formula is C15H10N2O2. The largest absolute Gasteiger partial charge is 0.443 e. The number of rotatable bonds is 0. The van der Waals surface area contributed by atoms with Crippen LogP contribution in [0.4, 0.5) is 0 Å². The second-order valence-electron chi connectivity index (χ2n) is 3.64. The van der Waals surface area contributed by atoms with Crippen molar-refractivity contribution < 1.29 is 8.83 Å². The summed E-state index contributed by atoms with van der Waals surface area (Å²) < 4.78 is 10.0. The first-order chi connectivity index (χ1) is 8.93. The van der Waals surface area contributed by atoms with Crippen molar-refractivity contribution in [1.29, 1.82) is 0 Å². The molecule has 0 amide bonds. The summed E-state index contributed by atoms with van der Waals surface area (Å²) in [4.78, 5) is 7.90. The van der Waals surface area contributed by atoms with Crippen LogP contribution in [0.2, 0.25) is 0 Å². The maximum Gasteiger partial charge on any atom is 0.181 e. The molecule has 0 bridgehead atoms. The van der Waals surface area contributed by atoms with Gasteiger partial charge in [0.2, 0.25) is 0 Å². The topological polar surface area (TPSA) is 52.1 Å². The van der Waals surface area contributed by atoms with E-state index in [1.165, 1.54) is 12.8 Å². The number of fused-ring (bicyclic) bond motifs is 2. The summed E-state index contributed by atoms with van der Waals surface area (Å²) in [5, 5.41) is 0. The van der Waals surface area contributed by atoms with Gasteiger partial charge in [0.05, 0.1) is 0 Å². The molecule has 4 aromatic rings. The minimum absolute atomic E-state index is 0. The lowest BCUT2D eigenvalue weighted by Crippen LogP contribution is -1.61. The Morgan fingerprint density at radius 3 is 1.47 bits per heavy atom. The Kier molecular flexibility index (Phi) is 3.93. The maximum atomic E-state index is 5.01. The van der Waals surface area contributed by atoms with Gasteiger partial charge in [-0.3, -0.25) is 0 Å². The Labute approximate surface area is 110 Å². The van der Waals surface area contributed by atoms with E-state index in [0.717, 1.165) is 22.2 Å². The predicted octanol–water partition coefficient (Wildman–Crippen LogP) is 3.74. The fourth-order valence-corrected chi connectivity index (χ4v) is 1.61. The molecule has 0 aliphatic heterocycles. The Morgan fingerprint density at radius 2 is 1.05 bits per heavy atom. The summed E-state index contributed by atoms with van der Waals surface area (Å²) in [5.74, 6) is 0. The van der Waals surface area contributed by atoms with Crippen LogP contribution in [-0.4, -0.2) is 9.97 Å². The van der Waals surface area contributed by atoms with Crippen LogP contribution in [0.1, 0.15) is 0 Å². The van der Waals surface area contributed by atoms with E-state index in [1.807, 2.05) is 48.5 Å². The fourth-order valence-electron chi connectivity index (χ4n) is 1.61. The van der Waals surface area contributed by atoms with Gasteiger partial charge < -0.3 is 8.83 Å². The summed E-state index contributed by atoms with van der Waals surface area (Å²) in [5.41, 5.74) is 3.52. The first-order valence-electron chi connectivity index (χ1n) is 5.50. The third-order valence-corrected chi connectivity index (χ3v) is 2.47. The number of hydrogen-bond acceptors (Lipinski definition) is 4. The molecule has 4 rings (SSSR count). The molecule has 4 radical (unpaired) electrons. The smallest absolute Gasteiger partial charge is 0.181 e. The van der Waals surface area contributed by atoms with Gasteiger partial charge in [0.1, 0.15) is 11.0 Å². The zero-order valence-electron chi connectivity index (χ0n) is 9.98. The average molecular weight is 250 g/mol. The Morgan fingerprint density at radius 1 is 0.632 bits per heavy atom. The molecule has 0 unspecified atom stereocenters. The standard InChI is InChI=1S/2C7H5NO.C/c2*1-2-4-7-6(3-1)8-5-9-7;/h2*1-5H;. The van der Waals surface area contributed by atoms with Crippen molar-refractivity contribution in [3.05, 3.63) is 68.7 Å². The van der Waals surface area contributed by atoms with E-state index < -0.39 is 0 Å². The van der Waals surface area contributed by atoms with Crippen LogP contribution in [0, 0.1) is 7.43 Å². The highest BCUT2D eigenvalue weighted by atomic mass is 16.3.